The second-order valence-corrected chi connectivity index (χ2v) is 8.77. The van der Waals surface area contributed by atoms with Gasteiger partial charge in [0.2, 0.25) is 0 Å². The van der Waals surface area contributed by atoms with Crippen LogP contribution in [0.2, 0.25) is 0 Å². The number of amides is 1. The third-order valence-corrected chi connectivity index (χ3v) is 6.46. The van der Waals surface area contributed by atoms with Crippen LogP contribution in [0.4, 0.5) is 0 Å². The fourth-order valence-corrected chi connectivity index (χ4v) is 4.41. The summed E-state index contributed by atoms with van der Waals surface area (Å²) in [5.74, 6) is -0.219. The third kappa shape index (κ3) is 6.30. The van der Waals surface area contributed by atoms with Crippen LogP contribution in [0.3, 0.4) is 0 Å². The molecular weight excluding hydrogens is 468 g/mol. The molecule has 0 aliphatic carbocycles. The Morgan fingerprint density at radius 2 is 1.68 bits per heavy atom. The highest BCUT2D eigenvalue weighted by molar-refractivity contribution is 6.46. The number of ketones is 1. The number of nitrogens with zero attached hydrogens (tertiary/aromatic N) is 2. The van der Waals surface area contributed by atoms with E-state index in [1.807, 2.05) is 19.1 Å². The van der Waals surface area contributed by atoms with Crippen LogP contribution in [0.15, 0.2) is 73.3 Å². The number of likely N-dealkylation sites (N-methyl/N-ethyl adjacent to an activating group) is 1. The lowest BCUT2D eigenvalue weighted by molar-refractivity contribution is -0.140. The summed E-state index contributed by atoms with van der Waals surface area (Å²) < 4.78 is 11.2. The van der Waals surface area contributed by atoms with Crippen molar-refractivity contribution < 1.29 is 24.2 Å². The van der Waals surface area contributed by atoms with E-state index in [2.05, 4.69) is 31.9 Å². The van der Waals surface area contributed by atoms with Gasteiger partial charge in [0.1, 0.15) is 30.5 Å². The van der Waals surface area contributed by atoms with Crippen molar-refractivity contribution in [3.8, 4) is 11.5 Å². The zero-order chi connectivity index (χ0) is 26.9. The fourth-order valence-electron chi connectivity index (χ4n) is 4.41. The van der Waals surface area contributed by atoms with Crippen molar-refractivity contribution in [3.63, 3.8) is 0 Å². The zero-order valence-electron chi connectivity index (χ0n) is 21.9. The standard InChI is InChI=1S/C30H36N2O5/c1-6-18-36-24-13-10-22(11-14-24)27-26(29(34)30(35)32(27)17-16-31(8-3)9-4)28(33)23-12-15-25(21(5)20-23)37-19-7-2/h6-7,10-15,20,27,33H,1-2,8-9,16-19H2,3-5H3/t27-/m1/s1. The van der Waals surface area contributed by atoms with Crippen LogP contribution >= 0.6 is 0 Å². The molecule has 0 saturated carbocycles. The van der Waals surface area contributed by atoms with E-state index in [1.54, 1.807) is 47.4 Å². The Morgan fingerprint density at radius 3 is 2.27 bits per heavy atom. The molecule has 1 atom stereocenters. The van der Waals surface area contributed by atoms with E-state index < -0.39 is 17.7 Å². The monoisotopic (exact) mass is 504 g/mol. The molecular formula is C30H36N2O5. The molecule has 0 aromatic heterocycles. The lowest BCUT2D eigenvalue weighted by Crippen LogP contribution is -2.38. The molecule has 1 aliphatic rings. The average molecular weight is 505 g/mol. The van der Waals surface area contributed by atoms with Gasteiger partial charge >= 0.3 is 0 Å². The first kappa shape index (κ1) is 27.7. The quantitative estimate of drug-likeness (QED) is 0.181. The number of carbonyl (C=O) groups is 2. The van der Waals surface area contributed by atoms with Crippen LogP contribution in [0, 0.1) is 6.92 Å². The first-order chi connectivity index (χ1) is 17.9. The van der Waals surface area contributed by atoms with Gasteiger partial charge in [-0.15, -0.1) is 0 Å². The molecule has 3 rings (SSSR count). The van der Waals surface area contributed by atoms with Crippen molar-refractivity contribution in [2.24, 2.45) is 0 Å². The first-order valence-electron chi connectivity index (χ1n) is 12.5. The van der Waals surface area contributed by atoms with Crippen LogP contribution in [0.25, 0.3) is 5.76 Å². The van der Waals surface area contributed by atoms with Gasteiger partial charge in [0, 0.05) is 18.7 Å². The summed E-state index contributed by atoms with van der Waals surface area (Å²) in [5.41, 5.74) is 2.03. The lowest BCUT2D eigenvalue weighted by Gasteiger charge is -2.28. The van der Waals surface area contributed by atoms with Gasteiger partial charge in [0.25, 0.3) is 11.7 Å². The van der Waals surface area contributed by atoms with Gasteiger partial charge in [-0.05, 0) is 61.5 Å². The molecule has 0 unspecified atom stereocenters. The maximum Gasteiger partial charge on any atom is 0.295 e. The Kier molecular flexibility index (Phi) is 9.69. The number of benzene rings is 2. The number of hydrogen-bond donors (Lipinski definition) is 1. The number of Topliss-reactive ketones (excluding diaryl/α,β-unsaturated/α-hetero) is 1. The van der Waals surface area contributed by atoms with Crippen molar-refractivity contribution in [2.45, 2.75) is 26.8 Å². The minimum atomic E-state index is -0.721. The van der Waals surface area contributed by atoms with Crippen molar-refractivity contribution in [2.75, 3.05) is 39.4 Å². The molecule has 0 spiro atoms. The van der Waals surface area contributed by atoms with Gasteiger partial charge < -0.3 is 24.4 Å². The molecule has 1 aliphatic heterocycles. The van der Waals surface area contributed by atoms with E-state index in [-0.39, 0.29) is 11.3 Å². The SMILES string of the molecule is C=CCOc1ccc([C@@H]2C(=C(O)c3ccc(OCC=C)c(C)c3)C(=O)C(=O)N2CCN(CC)CC)cc1. The van der Waals surface area contributed by atoms with Crippen LogP contribution in [-0.4, -0.2) is 66.0 Å². The van der Waals surface area contributed by atoms with E-state index >= 15 is 0 Å². The van der Waals surface area contributed by atoms with E-state index in [0.29, 0.717) is 48.9 Å². The lowest BCUT2D eigenvalue weighted by atomic mass is 9.94. The van der Waals surface area contributed by atoms with E-state index in [9.17, 15) is 14.7 Å². The Morgan fingerprint density at radius 1 is 1.03 bits per heavy atom. The highest BCUT2D eigenvalue weighted by Gasteiger charge is 2.46. The number of aryl methyl sites for hydroxylation is 1. The number of hydrogen-bond acceptors (Lipinski definition) is 6. The van der Waals surface area contributed by atoms with Gasteiger partial charge in [-0.3, -0.25) is 9.59 Å². The Labute approximate surface area is 219 Å². The summed E-state index contributed by atoms with van der Waals surface area (Å²) in [7, 11) is 0. The minimum absolute atomic E-state index is 0.0727. The normalized spacial score (nSPS) is 16.8. The molecule has 1 amide bonds. The Hall–Kier alpha value is -3.84. The zero-order valence-corrected chi connectivity index (χ0v) is 21.9. The summed E-state index contributed by atoms with van der Waals surface area (Å²) >= 11 is 0. The number of carbonyl (C=O) groups excluding carboxylic acids is 2. The maximum absolute atomic E-state index is 13.3. The van der Waals surface area contributed by atoms with Gasteiger partial charge in [-0.1, -0.05) is 51.3 Å². The fraction of sp³-hybridized carbons (Fsp3) is 0.333. The Bertz CT molecular complexity index is 1160. The number of aliphatic hydroxyl groups is 1. The molecule has 2 aromatic rings. The predicted molar refractivity (Wildman–Crippen MR) is 146 cm³/mol. The highest BCUT2D eigenvalue weighted by Crippen LogP contribution is 2.40. The Balaban J connectivity index is 2.06. The molecule has 1 heterocycles. The molecule has 0 bridgehead atoms. The van der Waals surface area contributed by atoms with E-state index in [1.165, 1.54) is 0 Å². The summed E-state index contributed by atoms with van der Waals surface area (Å²) in [6.07, 6.45) is 3.31. The van der Waals surface area contributed by atoms with Crippen molar-refractivity contribution in [3.05, 3.63) is 90.0 Å². The first-order valence-corrected chi connectivity index (χ1v) is 12.5. The largest absolute Gasteiger partial charge is 0.507 e. The van der Waals surface area contributed by atoms with Crippen LogP contribution in [-0.2, 0) is 9.59 Å². The molecule has 37 heavy (non-hydrogen) atoms. The highest BCUT2D eigenvalue weighted by atomic mass is 16.5. The van der Waals surface area contributed by atoms with Crippen LogP contribution in [0.5, 0.6) is 11.5 Å². The second-order valence-electron chi connectivity index (χ2n) is 8.77. The molecule has 2 aromatic carbocycles. The number of ether oxygens (including phenoxy) is 2. The average Bonchev–Trinajstić information content (AvgIpc) is 3.16. The van der Waals surface area contributed by atoms with Gasteiger partial charge in [0.15, 0.2) is 0 Å². The third-order valence-electron chi connectivity index (χ3n) is 6.46. The van der Waals surface area contributed by atoms with Crippen LogP contribution < -0.4 is 9.47 Å². The van der Waals surface area contributed by atoms with Gasteiger partial charge in [-0.2, -0.15) is 0 Å². The molecule has 1 N–H and O–H groups in total. The molecule has 1 saturated heterocycles. The number of likely N-dealkylation sites (tertiary alicyclic amines) is 1. The van der Waals surface area contributed by atoms with Crippen LogP contribution in [0.1, 0.15) is 36.6 Å². The topological polar surface area (TPSA) is 79.3 Å². The summed E-state index contributed by atoms with van der Waals surface area (Å²) in [5, 5.41) is 11.4. The van der Waals surface area contributed by atoms with E-state index in [4.69, 9.17) is 9.47 Å². The maximum atomic E-state index is 13.3. The van der Waals surface area contributed by atoms with Crippen molar-refractivity contribution >= 4 is 17.4 Å². The predicted octanol–water partition coefficient (Wildman–Crippen LogP) is 4.89. The van der Waals surface area contributed by atoms with Gasteiger partial charge in [-0.25, -0.2) is 0 Å². The van der Waals surface area contributed by atoms with Crippen molar-refractivity contribution in [1.29, 1.82) is 0 Å². The molecule has 7 nitrogen and oxygen atoms in total. The molecule has 7 heteroatoms. The molecule has 0 radical (unpaired) electrons. The molecule has 1 fully saturated rings. The number of rotatable bonds is 13. The van der Waals surface area contributed by atoms with E-state index in [0.717, 1.165) is 18.7 Å². The molecule has 196 valence electrons. The van der Waals surface area contributed by atoms with Gasteiger partial charge in [0.05, 0.1) is 11.6 Å². The second kappa shape index (κ2) is 12.9. The summed E-state index contributed by atoms with van der Waals surface area (Å²) in [4.78, 5) is 30.3. The minimum Gasteiger partial charge on any atom is -0.507 e. The number of aliphatic hydroxyl groups excluding tert-OH is 1. The van der Waals surface area contributed by atoms with Crippen molar-refractivity contribution in [1.82, 2.24) is 9.80 Å². The smallest absolute Gasteiger partial charge is 0.295 e. The summed E-state index contributed by atoms with van der Waals surface area (Å²) in [6, 6.07) is 11.7. The summed E-state index contributed by atoms with van der Waals surface area (Å²) in [6.45, 7) is 16.7.